The average molecular weight is 336 g/mol. The minimum atomic E-state index is -0.535. The first-order chi connectivity index (χ1) is 12.2. The summed E-state index contributed by atoms with van der Waals surface area (Å²) in [5.74, 6) is 1.40. The van der Waals surface area contributed by atoms with E-state index in [4.69, 9.17) is 15.7 Å². The van der Waals surface area contributed by atoms with Crippen LogP contribution in [0.5, 0.6) is 5.75 Å². The van der Waals surface area contributed by atoms with E-state index >= 15 is 0 Å². The second-order valence-electron chi connectivity index (χ2n) is 5.03. The molecule has 5 nitrogen and oxygen atoms in total. The van der Waals surface area contributed by atoms with Crippen LogP contribution in [0.4, 0.5) is 10.1 Å². The second kappa shape index (κ2) is 7.32. The first-order valence-electron chi connectivity index (χ1n) is 7.36. The lowest BCUT2D eigenvalue weighted by molar-refractivity contribution is 0.0987. The van der Waals surface area contributed by atoms with Gasteiger partial charge in [0.2, 0.25) is 5.76 Å². The van der Waals surface area contributed by atoms with Crippen LogP contribution in [0, 0.1) is 18.2 Å². The fourth-order valence-corrected chi connectivity index (χ4v) is 2.15. The number of terminal acetylenes is 1. The normalized spacial score (nSPS) is 10.1. The topological polar surface area (TPSA) is 64.4 Å². The van der Waals surface area contributed by atoms with Crippen molar-refractivity contribution in [1.29, 1.82) is 0 Å². The van der Waals surface area contributed by atoms with Crippen LogP contribution in [0.3, 0.4) is 0 Å². The van der Waals surface area contributed by atoms with Crippen molar-refractivity contribution in [3.63, 3.8) is 0 Å². The number of carbonyl (C=O) groups excluding carboxylic acids is 1. The molecule has 0 unspecified atom stereocenters. The molecule has 1 heterocycles. The van der Waals surface area contributed by atoms with Crippen molar-refractivity contribution >= 4 is 11.6 Å². The van der Waals surface area contributed by atoms with Crippen molar-refractivity contribution in [2.45, 2.75) is 0 Å². The third-order valence-electron chi connectivity index (χ3n) is 3.31. The van der Waals surface area contributed by atoms with Gasteiger partial charge in [0.15, 0.2) is 0 Å². The monoisotopic (exact) mass is 336 g/mol. The molecule has 25 heavy (non-hydrogen) atoms. The highest BCUT2D eigenvalue weighted by Gasteiger charge is 2.16. The maximum absolute atomic E-state index is 13.4. The van der Waals surface area contributed by atoms with Gasteiger partial charge < -0.3 is 14.6 Å². The number of hydrogen-bond acceptors (Lipinski definition) is 4. The molecule has 0 bridgehead atoms. The summed E-state index contributed by atoms with van der Waals surface area (Å²) in [6.45, 7) is -0.0488. The molecular formula is C19H13FN2O3. The number of anilines is 1. The summed E-state index contributed by atoms with van der Waals surface area (Å²) in [7, 11) is 0. The Balaban J connectivity index is 1.79. The molecule has 0 saturated heterocycles. The van der Waals surface area contributed by atoms with Gasteiger partial charge in [-0.2, -0.15) is 0 Å². The van der Waals surface area contributed by atoms with Crippen LogP contribution in [0.1, 0.15) is 10.6 Å². The number of nitrogens with one attached hydrogen (secondary N) is 1. The molecule has 1 aromatic heterocycles. The van der Waals surface area contributed by atoms with Crippen molar-refractivity contribution in [3.05, 3.63) is 66.2 Å². The van der Waals surface area contributed by atoms with Gasteiger partial charge in [-0.1, -0.05) is 41.4 Å². The van der Waals surface area contributed by atoms with Crippen molar-refractivity contribution in [1.82, 2.24) is 5.16 Å². The number of ether oxygens (including phenoxy) is 1. The molecule has 6 heteroatoms. The van der Waals surface area contributed by atoms with Gasteiger partial charge in [0.05, 0.1) is 5.69 Å². The Hall–Kier alpha value is -3.59. The molecule has 2 aromatic carbocycles. The van der Waals surface area contributed by atoms with Gasteiger partial charge in [0, 0.05) is 17.7 Å². The summed E-state index contributed by atoms with van der Waals surface area (Å²) >= 11 is 0. The summed E-state index contributed by atoms with van der Waals surface area (Å²) in [4.78, 5) is 12.3. The molecule has 1 amide bonds. The summed E-state index contributed by atoms with van der Waals surface area (Å²) in [5, 5.41) is 6.48. The zero-order valence-corrected chi connectivity index (χ0v) is 13.0. The first kappa shape index (κ1) is 16.3. The molecular weight excluding hydrogens is 323 g/mol. The number of carbonyl (C=O) groups is 1. The number of benzene rings is 2. The van der Waals surface area contributed by atoms with E-state index in [-0.39, 0.29) is 23.8 Å². The number of hydrogen-bond donors (Lipinski definition) is 1. The summed E-state index contributed by atoms with van der Waals surface area (Å²) in [5.41, 5.74) is 1.64. The van der Waals surface area contributed by atoms with E-state index in [9.17, 15) is 9.18 Å². The fourth-order valence-electron chi connectivity index (χ4n) is 2.15. The van der Waals surface area contributed by atoms with E-state index in [1.165, 1.54) is 18.2 Å². The summed E-state index contributed by atoms with van der Waals surface area (Å²) in [6, 6.07) is 14.6. The largest absolute Gasteiger partial charge is 0.479 e. The molecule has 3 aromatic rings. The highest BCUT2D eigenvalue weighted by Crippen LogP contribution is 2.26. The highest BCUT2D eigenvalue weighted by atomic mass is 19.1. The number of aromatic nitrogens is 1. The second-order valence-corrected chi connectivity index (χ2v) is 5.03. The number of amides is 1. The smallest absolute Gasteiger partial charge is 0.294 e. The van der Waals surface area contributed by atoms with E-state index in [1.54, 1.807) is 0 Å². The van der Waals surface area contributed by atoms with E-state index in [0.717, 1.165) is 11.6 Å². The molecule has 0 saturated carbocycles. The van der Waals surface area contributed by atoms with Crippen molar-refractivity contribution in [3.8, 4) is 29.4 Å². The van der Waals surface area contributed by atoms with Gasteiger partial charge in [-0.25, -0.2) is 4.39 Å². The van der Waals surface area contributed by atoms with Gasteiger partial charge in [-0.05, 0) is 12.1 Å². The third-order valence-corrected chi connectivity index (χ3v) is 3.31. The van der Waals surface area contributed by atoms with Gasteiger partial charge in [-0.15, -0.1) is 6.42 Å². The molecule has 0 radical (unpaired) electrons. The van der Waals surface area contributed by atoms with Crippen LogP contribution in [0.15, 0.2) is 59.1 Å². The molecule has 0 aliphatic heterocycles. The molecule has 0 spiro atoms. The summed E-state index contributed by atoms with van der Waals surface area (Å²) < 4.78 is 23.7. The van der Waals surface area contributed by atoms with Crippen LogP contribution in [-0.2, 0) is 0 Å². The lowest BCUT2D eigenvalue weighted by Gasteiger charge is -2.10. The van der Waals surface area contributed by atoms with Gasteiger partial charge in [-0.3, -0.25) is 4.79 Å². The maximum atomic E-state index is 13.4. The Morgan fingerprint density at radius 2 is 2.04 bits per heavy atom. The zero-order chi connectivity index (χ0) is 17.6. The number of rotatable bonds is 5. The maximum Gasteiger partial charge on any atom is 0.294 e. The molecule has 0 aliphatic rings. The minimum absolute atomic E-state index is 0.0195. The van der Waals surface area contributed by atoms with Crippen LogP contribution < -0.4 is 10.1 Å². The zero-order valence-electron chi connectivity index (χ0n) is 13.0. The van der Waals surface area contributed by atoms with Crippen LogP contribution >= 0.6 is 0 Å². The molecule has 124 valence electrons. The predicted octanol–water partition coefficient (Wildman–Crippen LogP) is 3.75. The minimum Gasteiger partial charge on any atom is -0.479 e. The van der Waals surface area contributed by atoms with E-state index < -0.39 is 11.7 Å². The first-order valence-corrected chi connectivity index (χ1v) is 7.36. The lowest BCUT2D eigenvalue weighted by atomic mass is 10.1. The molecule has 1 N–H and O–H groups in total. The Morgan fingerprint density at radius 1 is 1.24 bits per heavy atom. The average Bonchev–Trinajstić information content (AvgIpc) is 3.13. The quantitative estimate of drug-likeness (QED) is 0.721. The lowest BCUT2D eigenvalue weighted by Crippen LogP contribution is -2.12. The molecule has 0 atom stereocenters. The van der Waals surface area contributed by atoms with E-state index in [2.05, 4.69) is 16.4 Å². The number of nitrogens with zero attached hydrogens (tertiary/aromatic N) is 1. The SMILES string of the molecule is C#CCOc1cc(F)ccc1NC(=O)c1cc(-c2ccccc2)no1. The van der Waals surface area contributed by atoms with Crippen LogP contribution in [0.2, 0.25) is 0 Å². The summed E-state index contributed by atoms with van der Waals surface area (Å²) in [6.07, 6.45) is 5.14. The van der Waals surface area contributed by atoms with Crippen molar-refractivity contribution in [2.75, 3.05) is 11.9 Å². The number of halogens is 1. The van der Waals surface area contributed by atoms with Gasteiger partial charge in [0.25, 0.3) is 5.91 Å². The Kier molecular flexibility index (Phi) is 4.77. The molecule has 3 rings (SSSR count). The third kappa shape index (κ3) is 3.85. The Labute approximate surface area is 143 Å². The van der Waals surface area contributed by atoms with Crippen LogP contribution in [0.25, 0.3) is 11.3 Å². The fraction of sp³-hybridized carbons (Fsp3) is 0.0526. The van der Waals surface area contributed by atoms with Crippen LogP contribution in [-0.4, -0.2) is 17.7 Å². The molecule has 0 fully saturated rings. The standard InChI is InChI=1S/C19H13FN2O3/c1-2-10-24-17-11-14(20)8-9-15(17)21-19(23)18-12-16(22-25-18)13-6-4-3-5-7-13/h1,3-9,11-12H,10H2,(H,21,23). The van der Waals surface area contributed by atoms with E-state index in [1.807, 2.05) is 30.3 Å². The Morgan fingerprint density at radius 3 is 2.80 bits per heavy atom. The van der Waals surface area contributed by atoms with Gasteiger partial charge in [0.1, 0.15) is 23.9 Å². The van der Waals surface area contributed by atoms with Crippen molar-refractivity contribution in [2.24, 2.45) is 0 Å². The molecule has 0 aliphatic carbocycles. The van der Waals surface area contributed by atoms with Crippen molar-refractivity contribution < 1.29 is 18.4 Å². The highest BCUT2D eigenvalue weighted by molar-refractivity contribution is 6.03. The van der Waals surface area contributed by atoms with E-state index in [0.29, 0.717) is 5.69 Å². The Bertz CT molecular complexity index is 929. The predicted molar refractivity (Wildman–Crippen MR) is 90.6 cm³/mol. The van der Waals surface area contributed by atoms with Gasteiger partial charge >= 0.3 is 0 Å².